The van der Waals surface area contributed by atoms with Crippen LogP contribution in [0.2, 0.25) is 0 Å². The number of hydrogen-bond donors (Lipinski definition) is 0. The molecule has 74 valence electrons. The predicted molar refractivity (Wildman–Crippen MR) is 69.0 cm³/mol. The molecule has 0 unspecified atom stereocenters. The Balaban J connectivity index is 0.000000902. The predicted octanol–water partition coefficient (Wildman–Crippen LogP) is 1.39. The van der Waals surface area contributed by atoms with Gasteiger partial charge in [-0.3, -0.25) is 0 Å². The standard InChI is InChI=1S/C16H9.Li/c1-3-11-7-9-13-5-2-6-14-10-8-12(4-1)15(11)16(13)14;/h1-5,7-10H;/q-1;+1. The van der Waals surface area contributed by atoms with E-state index in [9.17, 15) is 0 Å². The Bertz CT molecular complexity index is 672. The maximum Gasteiger partial charge on any atom is 1.00 e. The van der Waals surface area contributed by atoms with E-state index in [2.05, 4.69) is 54.6 Å². The van der Waals surface area contributed by atoms with Gasteiger partial charge in [-0.1, -0.05) is 41.8 Å². The van der Waals surface area contributed by atoms with Gasteiger partial charge < -0.3 is 0 Å². The Morgan fingerprint density at radius 3 is 2.06 bits per heavy atom. The molecule has 4 aromatic carbocycles. The molecule has 0 aromatic heterocycles. The van der Waals surface area contributed by atoms with E-state index < -0.39 is 0 Å². The SMILES string of the molecule is [Li+].[c-]1ccc2ccc3cccc4ccc1c2c43. The van der Waals surface area contributed by atoms with Crippen LogP contribution in [0.5, 0.6) is 0 Å². The van der Waals surface area contributed by atoms with Gasteiger partial charge >= 0.3 is 18.9 Å². The molecule has 0 amide bonds. The van der Waals surface area contributed by atoms with Gasteiger partial charge in [-0.05, 0) is 16.2 Å². The van der Waals surface area contributed by atoms with Crippen LogP contribution in [0.4, 0.5) is 0 Å². The quantitative estimate of drug-likeness (QED) is 0.233. The van der Waals surface area contributed by atoms with Crippen LogP contribution in [0.1, 0.15) is 0 Å². The molecule has 0 spiro atoms. The van der Waals surface area contributed by atoms with Crippen LogP contribution >= 0.6 is 0 Å². The van der Waals surface area contributed by atoms with Crippen molar-refractivity contribution in [3.63, 3.8) is 0 Å². The van der Waals surface area contributed by atoms with E-state index >= 15 is 0 Å². The van der Waals surface area contributed by atoms with Gasteiger partial charge in [0.25, 0.3) is 0 Å². The molecule has 0 aliphatic carbocycles. The third-order valence-electron chi connectivity index (χ3n) is 3.31. The van der Waals surface area contributed by atoms with E-state index in [0.29, 0.717) is 0 Å². The first kappa shape index (κ1) is 10.7. The second-order valence-electron chi connectivity index (χ2n) is 4.20. The first-order valence-electron chi connectivity index (χ1n) is 5.48. The molecule has 0 atom stereocenters. The summed E-state index contributed by atoms with van der Waals surface area (Å²) in [7, 11) is 0. The van der Waals surface area contributed by atoms with Gasteiger partial charge in [0.15, 0.2) is 0 Å². The number of benzene rings is 4. The number of rotatable bonds is 0. The summed E-state index contributed by atoms with van der Waals surface area (Å²) in [5.74, 6) is 0. The number of hydrogen-bond acceptors (Lipinski definition) is 0. The fourth-order valence-corrected chi connectivity index (χ4v) is 2.59. The average molecular weight is 208 g/mol. The first-order chi connectivity index (χ1) is 7.93. The van der Waals surface area contributed by atoms with Crippen LogP contribution in [0.25, 0.3) is 32.3 Å². The van der Waals surface area contributed by atoms with Gasteiger partial charge in [0, 0.05) is 0 Å². The molecule has 0 heterocycles. The van der Waals surface area contributed by atoms with Crippen molar-refractivity contribution in [1.29, 1.82) is 0 Å². The summed E-state index contributed by atoms with van der Waals surface area (Å²) in [6.07, 6.45) is 0. The smallest absolute Gasteiger partial charge is 0.146 e. The molecule has 0 aliphatic rings. The van der Waals surface area contributed by atoms with E-state index in [1.54, 1.807) is 0 Å². The molecule has 0 aliphatic heterocycles. The van der Waals surface area contributed by atoms with Crippen molar-refractivity contribution in [3.05, 3.63) is 60.7 Å². The second-order valence-corrected chi connectivity index (χ2v) is 4.20. The van der Waals surface area contributed by atoms with Crippen molar-refractivity contribution >= 4 is 32.3 Å². The van der Waals surface area contributed by atoms with Crippen molar-refractivity contribution in [2.45, 2.75) is 0 Å². The van der Waals surface area contributed by atoms with E-state index in [0.717, 1.165) is 0 Å². The topological polar surface area (TPSA) is 0 Å². The van der Waals surface area contributed by atoms with Gasteiger partial charge in [0.05, 0.1) is 0 Å². The third kappa shape index (κ3) is 1.39. The van der Waals surface area contributed by atoms with Gasteiger partial charge in [0.1, 0.15) is 0 Å². The van der Waals surface area contributed by atoms with E-state index in [1.807, 2.05) is 6.07 Å². The largest absolute Gasteiger partial charge is 1.00 e. The molecule has 17 heavy (non-hydrogen) atoms. The maximum atomic E-state index is 3.31. The van der Waals surface area contributed by atoms with E-state index in [1.165, 1.54) is 32.3 Å². The molecule has 0 N–H and O–H groups in total. The Labute approximate surface area is 112 Å². The molecule has 4 rings (SSSR count). The molecule has 0 bridgehead atoms. The Hall–Kier alpha value is -1.48. The van der Waals surface area contributed by atoms with Crippen LogP contribution in [0.15, 0.2) is 54.6 Å². The fourth-order valence-electron chi connectivity index (χ4n) is 2.59. The molecular weight excluding hydrogens is 199 g/mol. The van der Waals surface area contributed by atoms with Crippen molar-refractivity contribution in [1.82, 2.24) is 0 Å². The molecule has 0 fully saturated rings. The maximum absolute atomic E-state index is 3.31. The minimum absolute atomic E-state index is 0. The van der Waals surface area contributed by atoms with Crippen molar-refractivity contribution in [2.24, 2.45) is 0 Å². The molecule has 4 aromatic rings. The molecule has 0 nitrogen and oxygen atoms in total. The summed E-state index contributed by atoms with van der Waals surface area (Å²) in [4.78, 5) is 0. The summed E-state index contributed by atoms with van der Waals surface area (Å²) in [5, 5.41) is 7.86. The van der Waals surface area contributed by atoms with Gasteiger partial charge in [-0.25, -0.2) is 0 Å². The van der Waals surface area contributed by atoms with Crippen molar-refractivity contribution in [3.8, 4) is 0 Å². The normalized spacial score (nSPS) is 11.1. The third-order valence-corrected chi connectivity index (χ3v) is 3.31. The summed E-state index contributed by atoms with van der Waals surface area (Å²) in [6.45, 7) is 0. The monoisotopic (exact) mass is 208 g/mol. The fraction of sp³-hybridized carbons (Fsp3) is 0. The van der Waals surface area contributed by atoms with Crippen LogP contribution in [-0.4, -0.2) is 0 Å². The van der Waals surface area contributed by atoms with Gasteiger partial charge in [0.2, 0.25) is 0 Å². The Morgan fingerprint density at radius 1 is 0.647 bits per heavy atom. The molecule has 0 radical (unpaired) electrons. The molecule has 0 saturated heterocycles. The Kier molecular flexibility index (Phi) is 2.36. The van der Waals surface area contributed by atoms with Crippen LogP contribution in [0, 0.1) is 6.07 Å². The van der Waals surface area contributed by atoms with Gasteiger partial charge in [-0.2, -0.15) is 0 Å². The summed E-state index contributed by atoms with van der Waals surface area (Å²) in [5.41, 5.74) is 0. The molecule has 1 heteroatoms. The summed E-state index contributed by atoms with van der Waals surface area (Å²) in [6, 6.07) is 22.6. The zero-order valence-electron chi connectivity index (χ0n) is 9.70. The summed E-state index contributed by atoms with van der Waals surface area (Å²) >= 11 is 0. The first-order valence-corrected chi connectivity index (χ1v) is 5.48. The van der Waals surface area contributed by atoms with Crippen LogP contribution < -0.4 is 18.9 Å². The zero-order valence-corrected chi connectivity index (χ0v) is 9.70. The van der Waals surface area contributed by atoms with Crippen LogP contribution in [0.3, 0.4) is 0 Å². The van der Waals surface area contributed by atoms with E-state index in [-0.39, 0.29) is 18.9 Å². The van der Waals surface area contributed by atoms with Crippen molar-refractivity contribution in [2.75, 3.05) is 0 Å². The minimum atomic E-state index is 0. The van der Waals surface area contributed by atoms with Crippen LogP contribution in [-0.2, 0) is 0 Å². The Morgan fingerprint density at radius 2 is 1.29 bits per heavy atom. The van der Waals surface area contributed by atoms with Crippen molar-refractivity contribution < 1.29 is 18.9 Å². The van der Waals surface area contributed by atoms with E-state index in [4.69, 9.17) is 0 Å². The molecular formula is C16H9Li. The minimum Gasteiger partial charge on any atom is -0.146 e. The summed E-state index contributed by atoms with van der Waals surface area (Å²) < 4.78 is 0. The second kappa shape index (κ2) is 3.77. The average Bonchev–Trinajstić information content (AvgIpc) is 2.36. The van der Waals surface area contributed by atoms with Gasteiger partial charge in [-0.15, -0.1) is 35.0 Å². The zero-order chi connectivity index (χ0) is 10.5. The molecule has 0 saturated carbocycles.